The summed E-state index contributed by atoms with van der Waals surface area (Å²) < 4.78 is 12.9. The van der Waals surface area contributed by atoms with Crippen LogP contribution in [0.5, 0.6) is 0 Å². The first-order chi connectivity index (χ1) is 7.34. The van der Waals surface area contributed by atoms with Gasteiger partial charge in [-0.25, -0.2) is 4.39 Å². The number of nitrogens with one attached hydrogen (secondary N) is 1. The van der Waals surface area contributed by atoms with Crippen molar-refractivity contribution >= 4 is 0 Å². The van der Waals surface area contributed by atoms with Crippen molar-refractivity contribution < 1.29 is 4.39 Å². The third-order valence-corrected chi connectivity index (χ3v) is 3.09. The van der Waals surface area contributed by atoms with Crippen LogP contribution in [0.25, 0.3) is 0 Å². The molecule has 0 unspecified atom stereocenters. The molecule has 0 aromatic heterocycles. The van der Waals surface area contributed by atoms with Gasteiger partial charge in [-0.15, -0.1) is 0 Å². The fourth-order valence-corrected chi connectivity index (χ4v) is 2.11. The van der Waals surface area contributed by atoms with Crippen molar-refractivity contribution in [2.45, 2.75) is 44.4 Å². The molecule has 15 heavy (non-hydrogen) atoms. The molecule has 1 nitrogen and oxygen atoms in total. The summed E-state index contributed by atoms with van der Waals surface area (Å²) in [5.41, 5.74) is 1.31. The van der Waals surface area contributed by atoms with E-state index in [-0.39, 0.29) is 0 Å². The second-order valence-corrected chi connectivity index (χ2v) is 4.32. The van der Waals surface area contributed by atoms with E-state index in [0.29, 0.717) is 6.04 Å². The molecule has 0 atom stereocenters. The number of halogens is 1. The van der Waals surface area contributed by atoms with Crippen molar-refractivity contribution in [2.75, 3.05) is 0 Å². The first-order valence-electron chi connectivity index (χ1n) is 5.76. The molecule has 1 aliphatic rings. The van der Waals surface area contributed by atoms with Crippen LogP contribution in [0.4, 0.5) is 4.39 Å². The van der Waals surface area contributed by atoms with Crippen LogP contribution in [0.15, 0.2) is 30.3 Å². The van der Waals surface area contributed by atoms with E-state index in [1.165, 1.54) is 5.56 Å². The Kier molecular flexibility index (Phi) is 3.73. The zero-order valence-corrected chi connectivity index (χ0v) is 8.95. The summed E-state index contributed by atoms with van der Waals surface area (Å²) in [6.45, 7) is 0.905. The van der Waals surface area contributed by atoms with Gasteiger partial charge in [-0.1, -0.05) is 30.3 Å². The second kappa shape index (κ2) is 5.26. The van der Waals surface area contributed by atoms with Gasteiger partial charge in [-0.05, 0) is 31.2 Å². The number of rotatable bonds is 3. The Morgan fingerprint density at radius 1 is 1.07 bits per heavy atom. The number of benzene rings is 1. The van der Waals surface area contributed by atoms with Gasteiger partial charge in [0.2, 0.25) is 0 Å². The lowest BCUT2D eigenvalue weighted by Crippen LogP contribution is -2.33. The molecule has 82 valence electrons. The summed E-state index contributed by atoms with van der Waals surface area (Å²) in [6.07, 6.45) is 2.86. The molecule has 0 radical (unpaired) electrons. The highest BCUT2D eigenvalue weighted by Gasteiger charge is 2.19. The Balaban J connectivity index is 1.74. The van der Waals surface area contributed by atoms with Crippen molar-refractivity contribution in [3.63, 3.8) is 0 Å². The van der Waals surface area contributed by atoms with E-state index >= 15 is 0 Å². The SMILES string of the molecule is FC1CCC(NCc2ccccc2)CC1. The minimum absolute atomic E-state index is 0.511. The molecule has 1 aromatic rings. The third-order valence-electron chi connectivity index (χ3n) is 3.09. The average molecular weight is 207 g/mol. The maximum Gasteiger partial charge on any atom is 0.100 e. The van der Waals surface area contributed by atoms with Crippen LogP contribution in [0.3, 0.4) is 0 Å². The largest absolute Gasteiger partial charge is 0.310 e. The maximum atomic E-state index is 12.9. The normalized spacial score (nSPS) is 26.5. The van der Waals surface area contributed by atoms with Crippen LogP contribution < -0.4 is 5.32 Å². The molecule has 0 heterocycles. The van der Waals surface area contributed by atoms with Crippen LogP contribution in [0, 0.1) is 0 Å². The van der Waals surface area contributed by atoms with E-state index in [0.717, 1.165) is 32.2 Å². The fraction of sp³-hybridized carbons (Fsp3) is 0.538. The molecular weight excluding hydrogens is 189 g/mol. The summed E-state index contributed by atoms with van der Waals surface area (Å²) in [7, 11) is 0. The van der Waals surface area contributed by atoms with E-state index in [1.807, 2.05) is 6.07 Å². The van der Waals surface area contributed by atoms with Gasteiger partial charge in [0, 0.05) is 12.6 Å². The molecule has 0 spiro atoms. The molecule has 0 amide bonds. The van der Waals surface area contributed by atoms with Gasteiger partial charge < -0.3 is 5.32 Å². The molecule has 1 N–H and O–H groups in total. The predicted octanol–water partition coefficient (Wildman–Crippen LogP) is 3.06. The monoisotopic (exact) mass is 207 g/mol. The first-order valence-corrected chi connectivity index (χ1v) is 5.76. The van der Waals surface area contributed by atoms with Gasteiger partial charge in [-0.3, -0.25) is 0 Å². The summed E-state index contributed by atoms with van der Waals surface area (Å²) in [4.78, 5) is 0. The average Bonchev–Trinajstić information content (AvgIpc) is 2.30. The zero-order chi connectivity index (χ0) is 10.5. The van der Waals surface area contributed by atoms with Crippen LogP contribution in [0.2, 0.25) is 0 Å². The lowest BCUT2D eigenvalue weighted by atomic mass is 9.94. The standard InChI is InChI=1S/C13H18FN/c14-12-6-8-13(9-7-12)15-10-11-4-2-1-3-5-11/h1-5,12-13,15H,6-10H2. The molecule has 0 aliphatic heterocycles. The molecule has 1 aliphatic carbocycles. The summed E-state index contributed by atoms with van der Waals surface area (Å²) >= 11 is 0. The maximum absolute atomic E-state index is 12.9. The Bertz CT molecular complexity index is 278. The Labute approximate surface area is 90.7 Å². The van der Waals surface area contributed by atoms with Crippen molar-refractivity contribution in [2.24, 2.45) is 0 Å². The van der Waals surface area contributed by atoms with Crippen molar-refractivity contribution in [3.8, 4) is 0 Å². The van der Waals surface area contributed by atoms with Gasteiger partial charge >= 0.3 is 0 Å². The van der Waals surface area contributed by atoms with Crippen LogP contribution in [-0.4, -0.2) is 12.2 Å². The number of alkyl halides is 1. The van der Waals surface area contributed by atoms with Crippen LogP contribution in [0.1, 0.15) is 31.2 Å². The van der Waals surface area contributed by atoms with Crippen molar-refractivity contribution in [1.82, 2.24) is 5.32 Å². The summed E-state index contributed by atoms with van der Waals surface area (Å²) in [5.74, 6) is 0. The van der Waals surface area contributed by atoms with Crippen LogP contribution in [-0.2, 0) is 6.54 Å². The molecule has 0 bridgehead atoms. The highest BCUT2D eigenvalue weighted by molar-refractivity contribution is 5.14. The second-order valence-electron chi connectivity index (χ2n) is 4.32. The van der Waals surface area contributed by atoms with Gasteiger partial charge in [0.05, 0.1) is 0 Å². The van der Waals surface area contributed by atoms with E-state index < -0.39 is 6.17 Å². The molecule has 1 fully saturated rings. The van der Waals surface area contributed by atoms with E-state index in [1.54, 1.807) is 0 Å². The number of hydrogen-bond acceptors (Lipinski definition) is 1. The third kappa shape index (κ3) is 3.31. The Morgan fingerprint density at radius 3 is 2.40 bits per heavy atom. The Hall–Kier alpha value is -0.890. The van der Waals surface area contributed by atoms with E-state index in [2.05, 4.69) is 29.6 Å². The summed E-state index contributed by atoms with van der Waals surface area (Å²) in [5, 5.41) is 3.49. The smallest absolute Gasteiger partial charge is 0.100 e. The highest BCUT2D eigenvalue weighted by Crippen LogP contribution is 2.21. The molecule has 1 saturated carbocycles. The Morgan fingerprint density at radius 2 is 1.73 bits per heavy atom. The molecular formula is C13H18FN. The quantitative estimate of drug-likeness (QED) is 0.803. The lowest BCUT2D eigenvalue weighted by Gasteiger charge is -2.25. The van der Waals surface area contributed by atoms with Crippen LogP contribution >= 0.6 is 0 Å². The fourth-order valence-electron chi connectivity index (χ4n) is 2.11. The zero-order valence-electron chi connectivity index (χ0n) is 8.95. The van der Waals surface area contributed by atoms with Gasteiger partial charge in [-0.2, -0.15) is 0 Å². The first kappa shape index (κ1) is 10.6. The topological polar surface area (TPSA) is 12.0 Å². The minimum Gasteiger partial charge on any atom is -0.310 e. The van der Waals surface area contributed by atoms with E-state index in [9.17, 15) is 4.39 Å². The van der Waals surface area contributed by atoms with Gasteiger partial charge in [0.1, 0.15) is 6.17 Å². The predicted molar refractivity (Wildman–Crippen MR) is 60.4 cm³/mol. The van der Waals surface area contributed by atoms with Crippen molar-refractivity contribution in [1.29, 1.82) is 0 Å². The highest BCUT2D eigenvalue weighted by atomic mass is 19.1. The van der Waals surface area contributed by atoms with Gasteiger partial charge in [0.25, 0.3) is 0 Å². The molecule has 2 rings (SSSR count). The number of hydrogen-bond donors (Lipinski definition) is 1. The molecule has 2 heteroatoms. The minimum atomic E-state index is -0.556. The lowest BCUT2D eigenvalue weighted by molar-refractivity contribution is 0.219. The molecule has 1 aromatic carbocycles. The van der Waals surface area contributed by atoms with Gasteiger partial charge in [0.15, 0.2) is 0 Å². The molecule has 0 saturated heterocycles. The van der Waals surface area contributed by atoms with Crippen molar-refractivity contribution in [3.05, 3.63) is 35.9 Å². The van der Waals surface area contributed by atoms with E-state index in [4.69, 9.17) is 0 Å². The summed E-state index contributed by atoms with van der Waals surface area (Å²) in [6, 6.07) is 10.9.